The Morgan fingerprint density at radius 2 is 1.94 bits per heavy atom. The molecule has 0 radical (unpaired) electrons. The van der Waals surface area contributed by atoms with Gasteiger partial charge in [0.25, 0.3) is 10.2 Å². The molecular formula is C11H23N3O2S. The minimum Gasteiger partial charge on any atom is -0.316 e. The second kappa shape index (κ2) is 4.84. The summed E-state index contributed by atoms with van der Waals surface area (Å²) < 4.78 is 27.3. The zero-order chi connectivity index (χ0) is 12.5. The molecule has 17 heavy (non-hydrogen) atoms. The van der Waals surface area contributed by atoms with Gasteiger partial charge in [0.2, 0.25) is 0 Å². The van der Waals surface area contributed by atoms with Gasteiger partial charge in [0.1, 0.15) is 0 Å². The molecule has 2 fully saturated rings. The number of nitrogens with one attached hydrogen (secondary N) is 1. The monoisotopic (exact) mass is 261 g/mol. The van der Waals surface area contributed by atoms with Crippen molar-refractivity contribution in [1.29, 1.82) is 0 Å². The molecule has 0 aliphatic carbocycles. The smallest absolute Gasteiger partial charge is 0.281 e. The largest absolute Gasteiger partial charge is 0.316 e. The summed E-state index contributed by atoms with van der Waals surface area (Å²) in [7, 11) is -0.0227. The molecule has 6 heteroatoms. The van der Waals surface area contributed by atoms with E-state index in [4.69, 9.17) is 0 Å². The van der Waals surface area contributed by atoms with Crippen LogP contribution >= 0.6 is 0 Å². The molecule has 0 saturated carbocycles. The van der Waals surface area contributed by atoms with Gasteiger partial charge in [-0.15, -0.1) is 0 Å². The van der Waals surface area contributed by atoms with Crippen molar-refractivity contribution in [2.24, 2.45) is 5.41 Å². The molecule has 2 aliphatic rings. The summed E-state index contributed by atoms with van der Waals surface area (Å²) in [6.45, 7) is 3.39. The maximum Gasteiger partial charge on any atom is 0.281 e. The summed E-state index contributed by atoms with van der Waals surface area (Å²) in [4.78, 5) is 0. The molecule has 1 atom stereocenters. The van der Waals surface area contributed by atoms with E-state index in [0.29, 0.717) is 13.1 Å². The van der Waals surface area contributed by atoms with Crippen LogP contribution in [0, 0.1) is 5.41 Å². The number of nitrogens with zero attached hydrogens (tertiary/aromatic N) is 2. The van der Waals surface area contributed by atoms with Gasteiger partial charge < -0.3 is 5.32 Å². The fourth-order valence-corrected chi connectivity index (χ4v) is 4.23. The molecule has 0 amide bonds. The highest BCUT2D eigenvalue weighted by Gasteiger charge is 2.40. The van der Waals surface area contributed by atoms with E-state index in [1.807, 2.05) is 0 Å². The van der Waals surface area contributed by atoms with Crippen molar-refractivity contribution < 1.29 is 8.42 Å². The number of rotatable bonds is 2. The molecule has 2 aliphatic heterocycles. The van der Waals surface area contributed by atoms with Crippen LogP contribution in [0.3, 0.4) is 0 Å². The van der Waals surface area contributed by atoms with Crippen LogP contribution < -0.4 is 5.32 Å². The van der Waals surface area contributed by atoms with E-state index in [2.05, 4.69) is 5.32 Å². The summed E-state index contributed by atoms with van der Waals surface area (Å²) in [5, 5.41) is 3.41. The number of hydrogen-bond donors (Lipinski definition) is 1. The maximum absolute atomic E-state index is 12.1. The second-order valence-corrected chi connectivity index (χ2v) is 7.65. The zero-order valence-corrected chi connectivity index (χ0v) is 11.6. The van der Waals surface area contributed by atoms with Gasteiger partial charge in [-0.3, -0.25) is 0 Å². The Labute approximate surface area is 104 Å². The highest BCUT2D eigenvalue weighted by Crippen LogP contribution is 2.36. The molecule has 0 bridgehead atoms. The van der Waals surface area contributed by atoms with Gasteiger partial charge in [-0.05, 0) is 37.6 Å². The molecule has 1 unspecified atom stereocenters. The summed E-state index contributed by atoms with van der Waals surface area (Å²) in [5.74, 6) is 0. The first-order chi connectivity index (χ1) is 7.96. The maximum atomic E-state index is 12.1. The fraction of sp³-hybridized carbons (Fsp3) is 1.00. The van der Waals surface area contributed by atoms with Crippen molar-refractivity contribution in [3.8, 4) is 0 Å². The lowest BCUT2D eigenvalue weighted by Gasteiger charge is -2.45. The first-order valence-corrected chi connectivity index (χ1v) is 7.74. The third-order valence-corrected chi connectivity index (χ3v) is 5.86. The molecule has 0 aromatic heterocycles. The fourth-order valence-electron chi connectivity index (χ4n) is 2.97. The highest BCUT2D eigenvalue weighted by atomic mass is 32.2. The Hall–Kier alpha value is -0.170. The van der Waals surface area contributed by atoms with Crippen LogP contribution in [0.2, 0.25) is 0 Å². The Bertz CT molecular complexity index is 355. The van der Waals surface area contributed by atoms with Crippen LogP contribution in [0.15, 0.2) is 0 Å². The average Bonchev–Trinajstić information content (AvgIpc) is 2.30. The Balaban J connectivity index is 2.12. The standard InChI is InChI=1S/C11H23N3O2S/c1-13(2)17(15,16)14-8-4-6-11(10-14)5-3-7-12-9-11/h12H,3-10H2,1-2H3. The lowest BCUT2D eigenvalue weighted by molar-refractivity contribution is 0.107. The normalized spacial score (nSPS) is 32.2. The van der Waals surface area contributed by atoms with E-state index in [0.717, 1.165) is 38.8 Å². The third-order valence-electron chi connectivity index (χ3n) is 3.97. The summed E-state index contributed by atoms with van der Waals surface area (Å²) >= 11 is 0. The van der Waals surface area contributed by atoms with Gasteiger partial charge in [-0.1, -0.05) is 0 Å². The van der Waals surface area contributed by atoms with Crippen LogP contribution in [-0.4, -0.2) is 57.3 Å². The number of hydrogen-bond acceptors (Lipinski definition) is 3. The van der Waals surface area contributed by atoms with Crippen molar-refractivity contribution in [2.45, 2.75) is 25.7 Å². The minimum absolute atomic E-state index is 0.180. The van der Waals surface area contributed by atoms with Crippen LogP contribution in [-0.2, 0) is 10.2 Å². The van der Waals surface area contributed by atoms with Crippen molar-refractivity contribution in [3.05, 3.63) is 0 Å². The van der Waals surface area contributed by atoms with Crippen molar-refractivity contribution in [3.63, 3.8) is 0 Å². The van der Waals surface area contributed by atoms with Crippen LogP contribution in [0.25, 0.3) is 0 Å². The van der Waals surface area contributed by atoms with Crippen molar-refractivity contribution in [2.75, 3.05) is 40.3 Å². The minimum atomic E-state index is -3.24. The molecule has 2 rings (SSSR count). The van der Waals surface area contributed by atoms with Crippen LogP contribution in [0.1, 0.15) is 25.7 Å². The SMILES string of the molecule is CN(C)S(=O)(=O)N1CCCC2(CCCNC2)C1. The first-order valence-electron chi connectivity index (χ1n) is 6.35. The van der Waals surface area contributed by atoms with E-state index in [1.165, 1.54) is 4.31 Å². The van der Waals surface area contributed by atoms with Gasteiger partial charge in [-0.2, -0.15) is 17.0 Å². The van der Waals surface area contributed by atoms with E-state index in [1.54, 1.807) is 18.4 Å². The molecule has 2 saturated heterocycles. The van der Waals surface area contributed by atoms with Gasteiger partial charge in [0, 0.05) is 33.7 Å². The molecule has 5 nitrogen and oxygen atoms in total. The van der Waals surface area contributed by atoms with E-state index < -0.39 is 10.2 Å². The lowest BCUT2D eigenvalue weighted by atomic mass is 9.75. The Morgan fingerprint density at radius 3 is 2.53 bits per heavy atom. The molecule has 0 aromatic carbocycles. The molecule has 100 valence electrons. The second-order valence-electron chi connectivity index (χ2n) is 5.51. The van der Waals surface area contributed by atoms with Gasteiger partial charge in [0.15, 0.2) is 0 Å². The van der Waals surface area contributed by atoms with Gasteiger partial charge in [0.05, 0.1) is 0 Å². The average molecular weight is 261 g/mol. The summed E-state index contributed by atoms with van der Waals surface area (Å²) in [6.07, 6.45) is 4.45. The molecule has 0 aromatic rings. The molecule has 2 heterocycles. The van der Waals surface area contributed by atoms with Gasteiger partial charge in [-0.25, -0.2) is 0 Å². The summed E-state index contributed by atoms with van der Waals surface area (Å²) in [6, 6.07) is 0. The molecule has 1 spiro atoms. The predicted molar refractivity (Wildman–Crippen MR) is 68.0 cm³/mol. The van der Waals surface area contributed by atoms with Gasteiger partial charge >= 0.3 is 0 Å². The zero-order valence-electron chi connectivity index (χ0n) is 10.8. The summed E-state index contributed by atoms with van der Waals surface area (Å²) in [5.41, 5.74) is 0.180. The van der Waals surface area contributed by atoms with Crippen LogP contribution in [0.4, 0.5) is 0 Å². The lowest BCUT2D eigenvalue weighted by Crippen LogP contribution is -2.54. The van der Waals surface area contributed by atoms with E-state index in [-0.39, 0.29) is 5.41 Å². The number of piperidine rings is 2. The quantitative estimate of drug-likeness (QED) is 0.776. The first kappa shape index (κ1) is 13.3. The third kappa shape index (κ3) is 2.65. The topological polar surface area (TPSA) is 52.7 Å². The predicted octanol–water partition coefficient (Wildman–Crippen LogP) is 0.258. The van der Waals surface area contributed by atoms with Crippen molar-refractivity contribution >= 4 is 10.2 Å². The highest BCUT2D eigenvalue weighted by molar-refractivity contribution is 7.86. The van der Waals surface area contributed by atoms with E-state index >= 15 is 0 Å². The van der Waals surface area contributed by atoms with Crippen molar-refractivity contribution in [1.82, 2.24) is 13.9 Å². The Morgan fingerprint density at radius 1 is 1.24 bits per heavy atom. The molecular weight excluding hydrogens is 238 g/mol. The van der Waals surface area contributed by atoms with E-state index in [9.17, 15) is 8.42 Å². The van der Waals surface area contributed by atoms with Crippen LogP contribution in [0.5, 0.6) is 0 Å². The molecule has 1 N–H and O–H groups in total. The Kier molecular flexibility index (Phi) is 3.77.